The number of methoxy groups -OCH3 is 3. The van der Waals surface area contributed by atoms with E-state index in [0.29, 0.717) is 35.9 Å². The Labute approximate surface area is 212 Å². The van der Waals surface area contributed by atoms with Crippen LogP contribution < -0.4 is 9.47 Å². The Kier molecular flexibility index (Phi) is 8.17. The van der Waals surface area contributed by atoms with Gasteiger partial charge in [0.15, 0.2) is 0 Å². The van der Waals surface area contributed by atoms with Crippen LogP contribution in [0.15, 0.2) is 58.3 Å². The lowest BCUT2D eigenvalue weighted by atomic mass is 9.99. The molecule has 2 amide bonds. The molecule has 0 fully saturated rings. The second kappa shape index (κ2) is 11.5. The molecule has 0 bridgehead atoms. The van der Waals surface area contributed by atoms with E-state index in [2.05, 4.69) is 0 Å². The summed E-state index contributed by atoms with van der Waals surface area (Å²) in [5.74, 6) is 0.810. The minimum atomic E-state index is -0.397. The van der Waals surface area contributed by atoms with Crippen molar-refractivity contribution in [2.24, 2.45) is 5.10 Å². The first kappa shape index (κ1) is 24.9. The maximum Gasteiger partial charge on any atom is 0.264 e. The second-order valence-corrected chi connectivity index (χ2v) is 9.68. The van der Waals surface area contributed by atoms with Crippen LogP contribution in [-0.4, -0.2) is 68.5 Å². The average molecular weight is 514 g/mol. The lowest BCUT2D eigenvalue weighted by Gasteiger charge is -2.27. The zero-order valence-electron chi connectivity index (χ0n) is 19.8. The summed E-state index contributed by atoms with van der Waals surface area (Å²) in [5.41, 5.74) is 1.61. The van der Waals surface area contributed by atoms with Gasteiger partial charge in [0.1, 0.15) is 18.0 Å². The second-order valence-electron chi connectivity index (χ2n) is 7.79. The highest BCUT2D eigenvalue weighted by Gasteiger charge is 2.36. The van der Waals surface area contributed by atoms with Crippen molar-refractivity contribution in [1.29, 1.82) is 0 Å². The molecule has 4 rings (SSSR count). The number of carbonyl (C=O) groups is 2. The van der Waals surface area contributed by atoms with Crippen molar-refractivity contribution in [3.63, 3.8) is 0 Å². The van der Waals surface area contributed by atoms with Crippen molar-refractivity contribution in [3.8, 4) is 11.5 Å². The van der Waals surface area contributed by atoms with E-state index in [1.807, 2.05) is 47.2 Å². The normalized spacial score (nSPS) is 15.1. The molecule has 0 N–H and O–H groups in total. The summed E-state index contributed by atoms with van der Waals surface area (Å²) in [6, 6.07) is 12.6. The number of carbonyl (C=O) groups excluding carboxylic acids is 2. The lowest BCUT2D eigenvalue weighted by Crippen LogP contribution is -2.42. The highest BCUT2D eigenvalue weighted by Crippen LogP contribution is 2.39. The van der Waals surface area contributed by atoms with Gasteiger partial charge in [0.2, 0.25) is 0 Å². The number of hydrazone groups is 1. The molecule has 10 heteroatoms. The SMILES string of the molecule is COCCN(CC(=O)N1N=C(c2cccs2)CC1c1cc(OC)ccc1OC)C(=O)c1cccs1. The van der Waals surface area contributed by atoms with E-state index < -0.39 is 6.04 Å². The van der Waals surface area contributed by atoms with Crippen LogP contribution in [-0.2, 0) is 9.53 Å². The fraction of sp³-hybridized carbons (Fsp3) is 0.320. The summed E-state index contributed by atoms with van der Waals surface area (Å²) < 4.78 is 16.2. The molecule has 1 unspecified atom stereocenters. The van der Waals surface area contributed by atoms with Gasteiger partial charge in [-0.2, -0.15) is 5.10 Å². The summed E-state index contributed by atoms with van der Waals surface area (Å²) in [7, 11) is 4.76. The first-order valence-electron chi connectivity index (χ1n) is 11.0. The molecule has 0 saturated heterocycles. The molecule has 35 heavy (non-hydrogen) atoms. The van der Waals surface area contributed by atoms with Gasteiger partial charge in [-0.3, -0.25) is 9.59 Å². The molecular formula is C25H27N3O5S2. The van der Waals surface area contributed by atoms with Crippen LogP contribution in [0.2, 0.25) is 0 Å². The zero-order valence-corrected chi connectivity index (χ0v) is 21.4. The van der Waals surface area contributed by atoms with Gasteiger partial charge < -0.3 is 19.1 Å². The van der Waals surface area contributed by atoms with Crippen LogP contribution in [0.4, 0.5) is 0 Å². The third-order valence-corrected chi connectivity index (χ3v) is 7.45. The van der Waals surface area contributed by atoms with Crippen LogP contribution in [0.5, 0.6) is 11.5 Å². The molecule has 8 nitrogen and oxygen atoms in total. The summed E-state index contributed by atoms with van der Waals surface area (Å²) in [4.78, 5) is 29.8. The standard InChI is InChI=1S/C25H27N3O5S2/c1-31-11-10-27(25(30)23-7-5-13-35-23)16-24(29)28-20(15-19(26-28)22-6-4-12-34-22)18-14-17(32-2)8-9-21(18)33-3/h4-9,12-14,20H,10-11,15-16H2,1-3H3. The van der Waals surface area contributed by atoms with Gasteiger partial charge in [-0.25, -0.2) is 5.01 Å². The topological polar surface area (TPSA) is 80.7 Å². The Bertz CT molecular complexity index is 1180. The molecule has 0 radical (unpaired) electrons. The van der Waals surface area contributed by atoms with Crippen LogP contribution in [0, 0.1) is 0 Å². The number of ether oxygens (including phenoxy) is 3. The van der Waals surface area contributed by atoms with E-state index in [-0.39, 0.29) is 18.4 Å². The first-order chi connectivity index (χ1) is 17.0. The zero-order chi connectivity index (χ0) is 24.8. The predicted molar refractivity (Wildman–Crippen MR) is 137 cm³/mol. The van der Waals surface area contributed by atoms with Crippen molar-refractivity contribution in [3.05, 3.63) is 68.5 Å². The molecule has 0 aliphatic carbocycles. The largest absolute Gasteiger partial charge is 0.497 e. The van der Waals surface area contributed by atoms with Crippen molar-refractivity contribution in [1.82, 2.24) is 9.91 Å². The third kappa shape index (κ3) is 5.55. The lowest BCUT2D eigenvalue weighted by molar-refractivity contribution is -0.133. The minimum Gasteiger partial charge on any atom is -0.497 e. The number of hydrogen-bond donors (Lipinski definition) is 0. The van der Waals surface area contributed by atoms with E-state index in [9.17, 15) is 9.59 Å². The van der Waals surface area contributed by atoms with E-state index in [1.165, 1.54) is 21.2 Å². The molecule has 1 aliphatic rings. The van der Waals surface area contributed by atoms with Gasteiger partial charge in [-0.15, -0.1) is 22.7 Å². The molecule has 1 aromatic carbocycles. The summed E-state index contributed by atoms with van der Waals surface area (Å²) in [5, 5.41) is 10.0. The number of nitrogens with zero attached hydrogens (tertiary/aromatic N) is 3. The number of amides is 2. The monoisotopic (exact) mass is 513 g/mol. The van der Waals surface area contributed by atoms with Gasteiger partial charge >= 0.3 is 0 Å². The Morgan fingerprint density at radius 1 is 1.09 bits per heavy atom. The average Bonchev–Trinajstić information content (AvgIpc) is 3.67. The van der Waals surface area contributed by atoms with Gasteiger partial charge in [-0.1, -0.05) is 12.1 Å². The van der Waals surface area contributed by atoms with Crippen LogP contribution in [0.1, 0.15) is 32.6 Å². The molecule has 3 aromatic rings. The molecule has 0 spiro atoms. The Balaban J connectivity index is 1.66. The van der Waals surface area contributed by atoms with Gasteiger partial charge in [0.05, 0.1) is 42.3 Å². The molecular weight excluding hydrogens is 486 g/mol. The molecule has 1 aliphatic heterocycles. The Hall–Kier alpha value is -3.21. The summed E-state index contributed by atoms with van der Waals surface area (Å²) >= 11 is 2.92. The van der Waals surface area contributed by atoms with E-state index in [4.69, 9.17) is 19.3 Å². The van der Waals surface area contributed by atoms with E-state index in [0.717, 1.165) is 16.2 Å². The van der Waals surface area contributed by atoms with Crippen molar-refractivity contribution < 1.29 is 23.8 Å². The molecule has 1 atom stereocenters. The van der Waals surface area contributed by atoms with Crippen molar-refractivity contribution >= 4 is 40.2 Å². The molecule has 184 valence electrons. The maximum atomic E-state index is 13.7. The highest BCUT2D eigenvalue weighted by atomic mass is 32.1. The fourth-order valence-corrected chi connectivity index (χ4v) is 5.33. The predicted octanol–water partition coefficient (Wildman–Crippen LogP) is 4.29. The van der Waals surface area contributed by atoms with Gasteiger partial charge in [0, 0.05) is 25.6 Å². The molecule has 0 saturated carbocycles. The van der Waals surface area contributed by atoms with Crippen molar-refractivity contribution in [2.45, 2.75) is 12.5 Å². The quantitative estimate of drug-likeness (QED) is 0.404. The third-order valence-electron chi connectivity index (χ3n) is 5.68. The van der Waals surface area contributed by atoms with Crippen LogP contribution in [0.25, 0.3) is 0 Å². The minimum absolute atomic E-state index is 0.121. The van der Waals surface area contributed by atoms with Gasteiger partial charge in [-0.05, 0) is 41.1 Å². The number of benzene rings is 1. The van der Waals surface area contributed by atoms with Gasteiger partial charge in [0.25, 0.3) is 11.8 Å². The number of hydrogen-bond acceptors (Lipinski definition) is 8. The Morgan fingerprint density at radius 3 is 2.54 bits per heavy atom. The number of rotatable bonds is 10. The fourth-order valence-electron chi connectivity index (χ4n) is 3.92. The highest BCUT2D eigenvalue weighted by molar-refractivity contribution is 7.12. The van der Waals surface area contributed by atoms with Crippen LogP contribution in [0.3, 0.4) is 0 Å². The van der Waals surface area contributed by atoms with Crippen molar-refractivity contribution in [2.75, 3.05) is 41.0 Å². The Morgan fingerprint density at radius 2 is 1.89 bits per heavy atom. The molecule has 3 heterocycles. The molecule has 2 aromatic heterocycles. The van der Waals surface area contributed by atoms with E-state index in [1.54, 1.807) is 38.7 Å². The first-order valence-corrected chi connectivity index (χ1v) is 12.8. The summed E-state index contributed by atoms with van der Waals surface area (Å²) in [6.07, 6.45) is 0.521. The smallest absolute Gasteiger partial charge is 0.264 e. The maximum absolute atomic E-state index is 13.7. The van der Waals surface area contributed by atoms with Crippen LogP contribution >= 0.6 is 22.7 Å². The summed E-state index contributed by atoms with van der Waals surface area (Å²) in [6.45, 7) is 0.493. The number of thiophene rings is 2. The van der Waals surface area contributed by atoms with E-state index >= 15 is 0 Å².